The van der Waals surface area contributed by atoms with Gasteiger partial charge in [0.15, 0.2) is 0 Å². The predicted molar refractivity (Wildman–Crippen MR) is 79.3 cm³/mol. The van der Waals surface area contributed by atoms with Crippen molar-refractivity contribution in [1.82, 2.24) is 5.01 Å². The molecule has 4 rings (SSSR count). The summed E-state index contributed by atoms with van der Waals surface area (Å²) in [7, 11) is 0. The third kappa shape index (κ3) is 1.78. The average Bonchev–Trinajstić information content (AvgIpc) is 2.92. The highest BCUT2D eigenvalue weighted by atomic mass is 16.3. The lowest BCUT2D eigenvalue weighted by molar-refractivity contribution is 0.0718. The molecule has 0 aromatic heterocycles. The van der Waals surface area contributed by atoms with E-state index < -0.39 is 0 Å². The van der Waals surface area contributed by atoms with E-state index in [2.05, 4.69) is 10.4 Å². The second-order valence-corrected chi connectivity index (χ2v) is 5.12. The highest BCUT2D eigenvalue weighted by Crippen LogP contribution is 2.32. The Bertz CT molecular complexity index is 770. The number of para-hydroxylation sites is 2. The number of carbonyl (C=O) groups is 1. The maximum Gasteiger partial charge on any atom is 0.278 e. The topological polar surface area (TPSA) is 64.9 Å². The Morgan fingerprint density at radius 3 is 2.62 bits per heavy atom. The second-order valence-electron chi connectivity index (χ2n) is 5.12. The fraction of sp³-hybridized carbons (Fsp3) is 0.125. The summed E-state index contributed by atoms with van der Waals surface area (Å²) in [6.07, 6.45) is 0.375. The van der Waals surface area contributed by atoms with Crippen molar-refractivity contribution in [2.75, 3.05) is 5.32 Å². The van der Waals surface area contributed by atoms with Crippen LogP contribution in [-0.2, 0) is 0 Å². The van der Waals surface area contributed by atoms with Crippen molar-refractivity contribution in [1.29, 1.82) is 0 Å². The number of phenols is 1. The molecule has 0 fully saturated rings. The number of phenolic OH excluding ortho intramolecular Hbond substituents is 1. The number of hydrogen-bond acceptors (Lipinski definition) is 4. The fourth-order valence-electron chi connectivity index (χ4n) is 2.79. The predicted octanol–water partition coefficient (Wildman–Crippen LogP) is 2.39. The number of nitrogens with one attached hydrogen (secondary N) is 1. The third-order valence-electron chi connectivity index (χ3n) is 3.81. The number of fused-ring (bicyclic) bond motifs is 2. The number of hydrazone groups is 1. The molecule has 104 valence electrons. The summed E-state index contributed by atoms with van der Waals surface area (Å²) in [5, 5.41) is 19.1. The maximum atomic E-state index is 12.5. The van der Waals surface area contributed by atoms with E-state index in [1.54, 1.807) is 18.2 Å². The number of carbonyl (C=O) groups excluding carboxylic acids is 1. The van der Waals surface area contributed by atoms with Crippen LogP contribution in [0.25, 0.3) is 0 Å². The number of amides is 1. The van der Waals surface area contributed by atoms with Gasteiger partial charge in [0, 0.05) is 17.7 Å². The summed E-state index contributed by atoms with van der Waals surface area (Å²) in [4.78, 5) is 12.5. The van der Waals surface area contributed by atoms with Crippen LogP contribution in [0.5, 0.6) is 5.75 Å². The van der Waals surface area contributed by atoms with Gasteiger partial charge < -0.3 is 10.4 Å². The molecule has 5 heteroatoms. The average molecular weight is 279 g/mol. The molecule has 0 radical (unpaired) electrons. The standard InChI is InChI=1S/C16H13N3O2/c20-14-8-4-2-5-10(14)13-9-15-17-12-7-3-1-6-11(12)16(21)19(15)18-13/h1-8,15,17,20H,9H2. The fourth-order valence-corrected chi connectivity index (χ4v) is 2.79. The van der Waals surface area contributed by atoms with E-state index >= 15 is 0 Å². The molecule has 0 aliphatic carbocycles. The van der Waals surface area contributed by atoms with Crippen LogP contribution in [0, 0.1) is 0 Å². The van der Waals surface area contributed by atoms with E-state index in [1.807, 2.05) is 30.3 Å². The van der Waals surface area contributed by atoms with Crippen LogP contribution >= 0.6 is 0 Å². The van der Waals surface area contributed by atoms with Crippen LogP contribution < -0.4 is 5.32 Å². The van der Waals surface area contributed by atoms with Gasteiger partial charge >= 0.3 is 0 Å². The number of hydrogen-bond donors (Lipinski definition) is 2. The zero-order chi connectivity index (χ0) is 14.4. The zero-order valence-corrected chi connectivity index (χ0v) is 11.2. The Morgan fingerprint density at radius 1 is 1.10 bits per heavy atom. The Hall–Kier alpha value is -2.82. The molecule has 2 aliphatic rings. The molecule has 21 heavy (non-hydrogen) atoms. The second kappa shape index (κ2) is 4.34. The lowest BCUT2D eigenvalue weighted by atomic mass is 10.0. The van der Waals surface area contributed by atoms with Gasteiger partial charge in [0.1, 0.15) is 11.9 Å². The summed E-state index contributed by atoms with van der Waals surface area (Å²) in [6.45, 7) is 0. The van der Waals surface area contributed by atoms with E-state index in [9.17, 15) is 9.90 Å². The minimum atomic E-state index is -0.193. The van der Waals surface area contributed by atoms with Gasteiger partial charge in [-0.2, -0.15) is 5.10 Å². The van der Waals surface area contributed by atoms with Crippen molar-refractivity contribution < 1.29 is 9.90 Å². The molecule has 1 unspecified atom stereocenters. The number of rotatable bonds is 1. The molecule has 0 bridgehead atoms. The quantitative estimate of drug-likeness (QED) is 0.842. The number of nitrogens with zero attached hydrogens (tertiary/aromatic N) is 2. The molecule has 0 saturated carbocycles. The van der Waals surface area contributed by atoms with Gasteiger partial charge in [0.25, 0.3) is 5.91 Å². The van der Waals surface area contributed by atoms with Crippen LogP contribution in [0.3, 0.4) is 0 Å². The Morgan fingerprint density at radius 2 is 1.81 bits per heavy atom. The molecule has 2 aromatic carbocycles. The van der Waals surface area contributed by atoms with Gasteiger partial charge in [-0.05, 0) is 24.3 Å². The molecule has 2 heterocycles. The maximum absolute atomic E-state index is 12.5. The minimum absolute atomic E-state index is 0.111. The summed E-state index contributed by atoms with van der Waals surface area (Å²) in [6, 6.07) is 14.5. The monoisotopic (exact) mass is 279 g/mol. The minimum Gasteiger partial charge on any atom is -0.507 e. The number of aromatic hydroxyl groups is 1. The van der Waals surface area contributed by atoms with Crippen LogP contribution in [0.4, 0.5) is 5.69 Å². The summed E-state index contributed by atoms with van der Waals surface area (Å²) in [5.74, 6) is 0.0702. The van der Waals surface area contributed by atoms with Crippen molar-refractivity contribution in [2.24, 2.45) is 5.10 Å². The van der Waals surface area contributed by atoms with Crippen molar-refractivity contribution in [3.05, 3.63) is 59.7 Å². The van der Waals surface area contributed by atoms with Gasteiger partial charge in [0.05, 0.1) is 11.3 Å². The zero-order valence-electron chi connectivity index (χ0n) is 11.2. The van der Waals surface area contributed by atoms with Gasteiger partial charge in [0.2, 0.25) is 0 Å². The largest absolute Gasteiger partial charge is 0.507 e. The number of anilines is 1. The normalized spacial score (nSPS) is 19.6. The lowest BCUT2D eigenvalue weighted by Gasteiger charge is -2.29. The van der Waals surface area contributed by atoms with Crippen LogP contribution in [0.1, 0.15) is 22.3 Å². The molecule has 2 aliphatic heterocycles. The van der Waals surface area contributed by atoms with Gasteiger partial charge in [-0.15, -0.1) is 0 Å². The van der Waals surface area contributed by atoms with Crippen molar-refractivity contribution >= 4 is 17.3 Å². The van der Waals surface area contributed by atoms with Gasteiger partial charge in [-0.3, -0.25) is 4.79 Å². The summed E-state index contributed by atoms with van der Waals surface area (Å²) < 4.78 is 0. The highest BCUT2D eigenvalue weighted by molar-refractivity contribution is 6.09. The molecular weight excluding hydrogens is 266 g/mol. The van der Waals surface area contributed by atoms with E-state index in [0.717, 1.165) is 5.69 Å². The van der Waals surface area contributed by atoms with E-state index in [4.69, 9.17) is 0 Å². The van der Waals surface area contributed by atoms with Crippen LogP contribution in [0.2, 0.25) is 0 Å². The Kier molecular flexibility index (Phi) is 2.47. The van der Waals surface area contributed by atoms with E-state index in [1.165, 1.54) is 5.01 Å². The van der Waals surface area contributed by atoms with E-state index in [0.29, 0.717) is 23.3 Å². The molecule has 0 saturated heterocycles. The van der Waals surface area contributed by atoms with Crippen LogP contribution in [-0.4, -0.2) is 27.9 Å². The first kappa shape index (κ1) is 12.0. The third-order valence-corrected chi connectivity index (χ3v) is 3.81. The van der Waals surface area contributed by atoms with Gasteiger partial charge in [-0.1, -0.05) is 24.3 Å². The molecule has 5 nitrogen and oxygen atoms in total. The summed E-state index contributed by atoms with van der Waals surface area (Å²) in [5.41, 5.74) is 2.84. The van der Waals surface area contributed by atoms with Crippen LogP contribution in [0.15, 0.2) is 53.6 Å². The first-order valence-corrected chi connectivity index (χ1v) is 6.79. The molecular formula is C16H13N3O2. The molecule has 1 atom stereocenters. The Labute approximate surface area is 121 Å². The highest BCUT2D eigenvalue weighted by Gasteiger charge is 2.37. The smallest absolute Gasteiger partial charge is 0.278 e. The van der Waals surface area contributed by atoms with Crippen molar-refractivity contribution in [3.63, 3.8) is 0 Å². The van der Waals surface area contributed by atoms with Crippen molar-refractivity contribution in [2.45, 2.75) is 12.6 Å². The van der Waals surface area contributed by atoms with E-state index in [-0.39, 0.29) is 17.8 Å². The molecule has 2 aromatic rings. The van der Waals surface area contributed by atoms with Crippen molar-refractivity contribution in [3.8, 4) is 5.75 Å². The lowest BCUT2D eigenvalue weighted by Crippen LogP contribution is -2.42. The first-order valence-electron chi connectivity index (χ1n) is 6.79. The SMILES string of the molecule is O=C1c2ccccc2NC2CC(c3ccccc3O)=NN12. The Balaban J connectivity index is 1.73. The van der Waals surface area contributed by atoms with Gasteiger partial charge in [-0.25, -0.2) is 5.01 Å². The first-order chi connectivity index (χ1) is 10.2. The summed E-state index contributed by atoms with van der Waals surface area (Å²) >= 11 is 0. The number of benzene rings is 2. The molecule has 2 N–H and O–H groups in total. The molecule has 1 amide bonds. The molecule has 0 spiro atoms.